The molecule has 1 N–H and O–H groups in total. The van der Waals surface area contributed by atoms with Gasteiger partial charge in [0.2, 0.25) is 5.91 Å². The van der Waals surface area contributed by atoms with Crippen LogP contribution in [0.5, 0.6) is 11.5 Å². The third kappa shape index (κ3) is 6.97. The quantitative estimate of drug-likeness (QED) is 0.314. The number of nitrogens with one attached hydrogen (secondary N) is 1. The van der Waals surface area contributed by atoms with Gasteiger partial charge in [0.1, 0.15) is 12.4 Å². The number of halogens is 3. The summed E-state index contributed by atoms with van der Waals surface area (Å²) in [6.45, 7) is 2.58. The molecule has 3 rings (SSSR count). The molecule has 0 aliphatic rings. The standard InChI is InChI=1S/C24H21Cl2FN2O3/c1-2-31-23-11-17(14-28-29-24(30)12-16-3-8-20(27)9-4-16)5-10-22(23)32-15-18-6-7-19(25)13-21(18)26/h3-11,13-14H,2,12,15H2,1H3,(H,29,30)/b28-14+. The van der Waals surface area contributed by atoms with Crippen LogP contribution in [0.2, 0.25) is 10.0 Å². The molecule has 0 aliphatic carbocycles. The number of hydrogen-bond donors (Lipinski definition) is 1. The number of nitrogens with zero attached hydrogens (tertiary/aromatic N) is 1. The summed E-state index contributed by atoms with van der Waals surface area (Å²) in [6, 6.07) is 16.3. The van der Waals surface area contributed by atoms with Gasteiger partial charge in [-0.25, -0.2) is 9.82 Å². The molecular weight excluding hydrogens is 454 g/mol. The summed E-state index contributed by atoms with van der Waals surface area (Å²) in [5.41, 5.74) is 4.67. The fourth-order valence-corrected chi connectivity index (χ4v) is 3.26. The Labute approximate surface area is 195 Å². The van der Waals surface area contributed by atoms with Crippen LogP contribution in [0.25, 0.3) is 0 Å². The van der Waals surface area contributed by atoms with E-state index in [1.807, 2.05) is 6.92 Å². The topological polar surface area (TPSA) is 59.9 Å². The number of hydrazone groups is 1. The molecule has 0 spiro atoms. The SMILES string of the molecule is CCOc1cc(/C=N/NC(=O)Cc2ccc(F)cc2)ccc1OCc1ccc(Cl)cc1Cl. The highest BCUT2D eigenvalue weighted by molar-refractivity contribution is 6.35. The van der Waals surface area contributed by atoms with E-state index in [-0.39, 0.29) is 24.8 Å². The van der Waals surface area contributed by atoms with Crippen molar-refractivity contribution in [3.8, 4) is 11.5 Å². The first-order valence-corrected chi connectivity index (χ1v) is 10.6. The lowest BCUT2D eigenvalue weighted by Gasteiger charge is -2.13. The Bertz CT molecular complexity index is 1100. The first kappa shape index (κ1) is 23.6. The average molecular weight is 475 g/mol. The van der Waals surface area contributed by atoms with E-state index in [2.05, 4.69) is 10.5 Å². The zero-order valence-electron chi connectivity index (χ0n) is 17.3. The lowest BCUT2D eigenvalue weighted by Crippen LogP contribution is -2.19. The molecule has 32 heavy (non-hydrogen) atoms. The molecule has 0 heterocycles. The zero-order valence-corrected chi connectivity index (χ0v) is 18.8. The Balaban J connectivity index is 1.61. The van der Waals surface area contributed by atoms with Crippen LogP contribution in [0.4, 0.5) is 4.39 Å². The van der Waals surface area contributed by atoms with Gasteiger partial charge in [-0.1, -0.05) is 41.4 Å². The number of carbonyl (C=O) groups is 1. The minimum absolute atomic E-state index is 0.0991. The highest BCUT2D eigenvalue weighted by Crippen LogP contribution is 2.30. The highest BCUT2D eigenvalue weighted by atomic mass is 35.5. The van der Waals surface area contributed by atoms with Crippen molar-refractivity contribution in [3.63, 3.8) is 0 Å². The summed E-state index contributed by atoms with van der Waals surface area (Å²) < 4.78 is 24.5. The first-order valence-electron chi connectivity index (χ1n) is 9.84. The predicted octanol–water partition coefficient (Wildman–Crippen LogP) is 5.80. The number of ether oxygens (including phenoxy) is 2. The summed E-state index contributed by atoms with van der Waals surface area (Å²) >= 11 is 12.1. The molecule has 0 saturated carbocycles. The number of carbonyl (C=O) groups excluding carboxylic acids is 1. The number of benzene rings is 3. The third-order valence-electron chi connectivity index (χ3n) is 4.35. The van der Waals surface area contributed by atoms with Gasteiger partial charge in [-0.15, -0.1) is 0 Å². The minimum Gasteiger partial charge on any atom is -0.490 e. The lowest BCUT2D eigenvalue weighted by atomic mass is 10.1. The maximum atomic E-state index is 12.9. The lowest BCUT2D eigenvalue weighted by molar-refractivity contribution is -0.120. The van der Waals surface area contributed by atoms with Gasteiger partial charge in [0.25, 0.3) is 0 Å². The van der Waals surface area contributed by atoms with Crippen molar-refractivity contribution >= 4 is 35.3 Å². The molecular formula is C24H21Cl2FN2O3. The summed E-state index contributed by atoms with van der Waals surface area (Å²) in [7, 11) is 0. The molecule has 1 amide bonds. The normalized spacial score (nSPS) is 10.9. The molecule has 3 aromatic carbocycles. The van der Waals surface area contributed by atoms with Crippen LogP contribution in [0.1, 0.15) is 23.6 Å². The van der Waals surface area contributed by atoms with Crippen LogP contribution in [0, 0.1) is 5.82 Å². The summed E-state index contributed by atoms with van der Waals surface area (Å²) in [4.78, 5) is 12.0. The monoisotopic (exact) mass is 474 g/mol. The van der Waals surface area contributed by atoms with Crippen molar-refractivity contribution in [2.45, 2.75) is 20.0 Å². The fourth-order valence-electron chi connectivity index (χ4n) is 2.79. The van der Waals surface area contributed by atoms with Gasteiger partial charge in [0.05, 0.1) is 19.2 Å². The van der Waals surface area contributed by atoms with Crippen LogP contribution in [-0.2, 0) is 17.8 Å². The molecule has 0 atom stereocenters. The summed E-state index contributed by atoms with van der Waals surface area (Å²) in [6.07, 6.45) is 1.60. The van der Waals surface area contributed by atoms with Crippen molar-refractivity contribution in [1.29, 1.82) is 0 Å². The van der Waals surface area contributed by atoms with Crippen molar-refractivity contribution in [2.24, 2.45) is 5.10 Å². The molecule has 0 saturated heterocycles. The Kier molecular flexibility index (Phi) is 8.48. The largest absolute Gasteiger partial charge is 0.490 e. The van der Waals surface area contributed by atoms with Gasteiger partial charge in [-0.05, 0) is 60.5 Å². The molecule has 0 radical (unpaired) electrons. The molecule has 0 unspecified atom stereocenters. The minimum atomic E-state index is -0.346. The summed E-state index contributed by atoms with van der Waals surface area (Å²) in [5.74, 6) is 0.438. The van der Waals surface area contributed by atoms with Crippen molar-refractivity contribution in [1.82, 2.24) is 5.43 Å². The molecule has 3 aromatic rings. The van der Waals surface area contributed by atoms with E-state index in [4.69, 9.17) is 32.7 Å². The second kappa shape index (κ2) is 11.5. The van der Waals surface area contributed by atoms with E-state index in [1.165, 1.54) is 18.3 Å². The van der Waals surface area contributed by atoms with Crippen LogP contribution in [0.15, 0.2) is 65.8 Å². The molecule has 5 nitrogen and oxygen atoms in total. The second-order valence-corrected chi connectivity index (χ2v) is 7.60. The maximum absolute atomic E-state index is 12.9. The van der Waals surface area contributed by atoms with E-state index < -0.39 is 0 Å². The van der Waals surface area contributed by atoms with Crippen LogP contribution in [-0.4, -0.2) is 18.7 Å². The average Bonchev–Trinajstić information content (AvgIpc) is 2.76. The molecule has 0 aromatic heterocycles. The van der Waals surface area contributed by atoms with Crippen LogP contribution < -0.4 is 14.9 Å². The van der Waals surface area contributed by atoms with Gasteiger partial charge in [-0.2, -0.15) is 5.10 Å². The van der Waals surface area contributed by atoms with Crippen molar-refractivity contribution < 1.29 is 18.7 Å². The second-order valence-electron chi connectivity index (χ2n) is 6.76. The Hall–Kier alpha value is -3.09. The first-order chi connectivity index (χ1) is 15.4. The molecule has 166 valence electrons. The Morgan fingerprint density at radius 3 is 2.53 bits per heavy atom. The Morgan fingerprint density at radius 1 is 1.03 bits per heavy atom. The fraction of sp³-hybridized carbons (Fsp3) is 0.167. The van der Waals surface area contributed by atoms with Gasteiger partial charge in [0, 0.05) is 15.6 Å². The number of hydrogen-bond acceptors (Lipinski definition) is 4. The number of rotatable bonds is 9. The van der Waals surface area contributed by atoms with Crippen LogP contribution in [0.3, 0.4) is 0 Å². The van der Waals surface area contributed by atoms with Gasteiger partial charge in [0.15, 0.2) is 11.5 Å². The van der Waals surface area contributed by atoms with E-state index in [9.17, 15) is 9.18 Å². The molecule has 0 aliphatic heterocycles. The van der Waals surface area contributed by atoms with E-state index >= 15 is 0 Å². The van der Waals surface area contributed by atoms with Crippen molar-refractivity contribution in [2.75, 3.05) is 6.61 Å². The summed E-state index contributed by atoms with van der Waals surface area (Å²) in [5, 5.41) is 5.06. The highest BCUT2D eigenvalue weighted by Gasteiger charge is 2.09. The van der Waals surface area contributed by atoms with Gasteiger partial charge >= 0.3 is 0 Å². The molecule has 0 bridgehead atoms. The predicted molar refractivity (Wildman–Crippen MR) is 124 cm³/mol. The van der Waals surface area contributed by atoms with Crippen LogP contribution >= 0.6 is 23.2 Å². The maximum Gasteiger partial charge on any atom is 0.244 e. The third-order valence-corrected chi connectivity index (χ3v) is 4.93. The van der Waals surface area contributed by atoms with Gasteiger partial charge < -0.3 is 9.47 Å². The van der Waals surface area contributed by atoms with Crippen molar-refractivity contribution in [3.05, 3.63) is 93.2 Å². The molecule has 8 heteroatoms. The molecule has 0 fully saturated rings. The van der Waals surface area contributed by atoms with E-state index in [1.54, 1.807) is 48.5 Å². The number of amides is 1. The van der Waals surface area contributed by atoms with Gasteiger partial charge in [-0.3, -0.25) is 4.79 Å². The smallest absolute Gasteiger partial charge is 0.244 e. The van der Waals surface area contributed by atoms with E-state index in [0.29, 0.717) is 39.3 Å². The van der Waals surface area contributed by atoms with E-state index in [0.717, 1.165) is 5.56 Å². The zero-order chi connectivity index (χ0) is 22.9. The Morgan fingerprint density at radius 2 is 1.81 bits per heavy atom.